The van der Waals surface area contributed by atoms with Crippen molar-refractivity contribution in [3.05, 3.63) is 55.3 Å². The lowest BCUT2D eigenvalue weighted by molar-refractivity contribution is 0.0691. The fourth-order valence-electron chi connectivity index (χ4n) is 3.97. The summed E-state index contributed by atoms with van der Waals surface area (Å²) < 4.78 is 20.5. The second-order valence-electron chi connectivity index (χ2n) is 9.97. The van der Waals surface area contributed by atoms with Crippen LogP contribution >= 0.6 is 94.1 Å². The second kappa shape index (κ2) is 23.7. The molecule has 0 saturated heterocycles. The number of carboxylic acid groups (broad SMARTS) is 1. The van der Waals surface area contributed by atoms with Crippen molar-refractivity contribution in [3.63, 3.8) is 0 Å². The molecule has 0 radical (unpaired) electrons. The van der Waals surface area contributed by atoms with Crippen LogP contribution in [0.5, 0.6) is 5.75 Å². The van der Waals surface area contributed by atoms with Crippen LogP contribution in [0.2, 0.25) is 0 Å². The van der Waals surface area contributed by atoms with Gasteiger partial charge in [-0.25, -0.2) is 4.79 Å². The predicted octanol–water partition coefficient (Wildman–Crippen LogP) is 12.6. The highest BCUT2D eigenvalue weighted by molar-refractivity contribution is 8.45. The largest absolute Gasteiger partial charge is 0.493 e. The molecule has 0 bridgehead atoms. The van der Waals surface area contributed by atoms with E-state index in [-0.39, 0.29) is 5.56 Å². The molecule has 44 heavy (non-hydrogen) atoms. The highest BCUT2D eigenvalue weighted by atomic mass is 32.3. The molecule has 2 heterocycles. The van der Waals surface area contributed by atoms with Crippen molar-refractivity contribution in [3.8, 4) is 5.75 Å². The van der Waals surface area contributed by atoms with Crippen LogP contribution in [-0.4, -0.2) is 54.4 Å². The molecule has 1 aromatic rings. The molecule has 0 fully saturated rings. The summed E-state index contributed by atoms with van der Waals surface area (Å²) in [5.74, 6) is 3.05. The highest BCUT2D eigenvalue weighted by Crippen LogP contribution is 2.66. The third-order valence-electron chi connectivity index (χ3n) is 6.36. The summed E-state index contributed by atoms with van der Waals surface area (Å²) in [7, 11) is 0. The molecule has 1 aromatic carbocycles. The zero-order chi connectivity index (χ0) is 31.4. The molecular weight excluding hydrogens is 705 g/mol. The average molecular weight is 751 g/mol. The summed E-state index contributed by atoms with van der Waals surface area (Å²) in [6.45, 7) is 6.56. The summed E-state index contributed by atoms with van der Waals surface area (Å²) in [6.07, 6.45) is 14.0. The summed E-state index contributed by atoms with van der Waals surface area (Å²) >= 11 is 16.1. The summed E-state index contributed by atoms with van der Waals surface area (Å²) in [5, 5.41) is 9.25. The van der Waals surface area contributed by atoms with Crippen LogP contribution in [0.3, 0.4) is 0 Å². The Morgan fingerprint density at radius 1 is 0.682 bits per heavy atom. The molecule has 0 unspecified atom stereocenters. The summed E-state index contributed by atoms with van der Waals surface area (Å²) in [5.41, 5.74) is 0.209. The number of hydrogen-bond donors (Lipinski definition) is 1. The Labute approximate surface area is 299 Å². The maximum atomic E-state index is 11.3. The number of thioether (sulfide) groups is 8. The predicted molar refractivity (Wildman–Crippen MR) is 210 cm³/mol. The van der Waals surface area contributed by atoms with Crippen molar-refractivity contribution in [2.45, 2.75) is 78.1 Å². The fraction of sp³-hybridized carbons (Fsp3) is 0.594. The number of unbranched alkanes of at least 4 members (excludes halogenated alkanes) is 6. The second-order valence-corrected chi connectivity index (χ2v) is 19.7. The number of hydrogen-bond acceptors (Lipinski definition) is 11. The first-order valence-electron chi connectivity index (χ1n) is 15.5. The van der Waals surface area contributed by atoms with Crippen LogP contribution in [0, 0.1) is 0 Å². The van der Waals surface area contributed by atoms with Crippen molar-refractivity contribution in [2.24, 2.45) is 0 Å². The van der Waals surface area contributed by atoms with Gasteiger partial charge in [-0.15, -0.1) is 47.0 Å². The fourth-order valence-corrected chi connectivity index (χ4v) is 15.7. The molecule has 0 spiro atoms. The molecule has 3 rings (SSSR count). The van der Waals surface area contributed by atoms with Gasteiger partial charge in [0.1, 0.15) is 11.3 Å². The number of rotatable bonds is 24. The van der Waals surface area contributed by atoms with Crippen molar-refractivity contribution in [1.29, 1.82) is 0 Å². The molecule has 2 aliphatic heterocycles. The normalized spacial score (nSPS) is 15.2. The van der Waals surface area contributed by atoms with E-state index < -0.39 is 5.97 Å². The maximum absolute atomic E-state index is 11.3. The molecule has 0 amide bonds. The van der Waals surface area contributed by atoms with E-state index in [0.29, 0.717) is 19.0 Å². The van der Waals surface area contributed by atoms with Gasteiger partial charge < -0.3 is 14.6 Å². The molecule has 0 saturated carbocycles. The minimum atomic E-state index is -0.961. The van der Waals surface area contributed by atoms with E-state index in [9.17, 15) is 9.90 Å². The van der Waals surface area contributed by atoms with Gasteiger partial charge in [-0.2, -0.15) is 0 Å². The molecule has 4 nitrogen and oxygen atoms in total. The van der Waals surface area contributed by atoms with Crippen LogP contribution < -0.4 is 4.74 Å². The van der Waals surface area contributed by atoms with Crippen molar-refractivity contribution in [1.82, 2.24) is 0 Å². The van der Waals surface area contributed by atoms with Crippen LogP contribution in [0.25, 0.3) is 0 Å². The Morgan fingerprint density at radius 2 is 1.16 bits per heavy atom. The lowest BCUT2D eigenvalue weighted by Gasteiger charge is -2.09. The van der Waals surface area contributed by atoms with Crippen LogP contribution in [-0.2, 0) is 4.74 Å². The zero-order valence-corrected chi connectivity index (χ0v) is 32.6. The van der Waals surface area contributed by atoms with Gasteiger partial charge in [0.2, 0.25) is 0 Å². The number of carboxylic acids is 1. The Hall–Kier alpha value is 0.470. The molecule has 0 aromatic heterocycles. The molecular formula is C32H46O4S8. The molecule has 0 aliphatic carbocycles. The van der Waals surface area contributed by atoms with E-state index in [2.05, 4.69) is 43.6 Å². The number of ether oxygens (including phenoxy) is 2. The Balaban J connectivity index is 1.32. The van der Waals surface area contributed by atoms with E-state index in [1.807, 2.05) is 70.6 Å². The van der Waals surface area contributed by atoms with Crippen LogP contribution in [0.1, 0.15) is 88.4 Å². The van der Waals surface area contributed by atoms with E-state index in [1.165, 1.54) is 67.0 Å². The van der Waals surface area contributed by atoms with Gasteiger partial charge in [0, 0.05) is 13.2 Å². The average Bonchev–Trinajstić information content (AvgIpc) is 3.64. The van der Waals surface area contributed by atoms with Gasteiger partial charge in [0.25, 0.3) is 0 Å². The van der Waals surface area contributed by atoms with Crippen LogP contribution in [0.15, 0.2) is 49.7 Å². The van der Waals surface area contributed by atoms with Gasteiger partial charge in [-0.3, -0.25) is 0 Å². The SMILES string of the molecule is CCCCCSC1=C(SCCCCC)SC(=C2SC(SC)=C(SCCCCOCCCCOc3ccccc3C(=O)O)S2)S1. The number of aromatic carboxylic acids is 1. The topological polar surface area (TPSA) is 55.8 Å². The van der Waals surface area contributed by atoms with E-state index in [0.717, 1.165) is 38.0 Å². The third-order valence-corrected chi connectivity index (χ3v) is 18.0. The van der Waals surface area contributed by atoms with E-state index >= 15 is 0 Å². The van der Waals surface area contributed by atoms with Crippen molar-refractivity contribution in [2.75, 3.05) is 43.3 Å². The summed E-state index contributed by atoms with van der Waals surface area (Å²) in [6, 6.07) is 6.78. The standard InChI is InChI=1S/C32H46O4S8/c1-4-6-13-21-39-29-30(40-22-14-7-5-2)44-32(43-29)31-41-27(37-3)28(42-31)38-23-15-12-19-35-18-10-11-20-36-25-17-9-8-16-24(25)26(33)34/h8-9,16-17H,4-7,10-15,18-23H2,1-3H3,(H,33,34). The molecule has 12 heteroatoms. The van der Waals surface area contributed by atoms with Crippen molar-refractivity contribution >= 4 is 100 Å². The first kappa shape index (κ1) is 38.9. The maximum Gasteiger partial charge on any atom is 0.339 e. The lowest BCUT2D eigenvalue weighted by atomic mass is 10.2. The first-order chi connectivity index (χ1) is 21.6. The van der Waals surface area contributed by atoms with Crippen LogP contribution in [0.4, 0.5) is 0 Å². The van der Waals surface area contributed by atoms with E-state index in [1.54, 1.807) is 32.7 Å². The molecule has 246 valence electrons. The van der Waals surface area contributed by atoms with Gasteiger partial charge >= 0.3 is 5.97 Å². The number of benzene rings is 1. The van der Waals surface area contributed by atoms with Gasteiger partial charge in [0.15, 0.2) is 0 Å². The number of carbonyl (C=O) groups is 1. The van der Waals surface area contributed by atoms with Gasteiger partial charge in [-0.1, -0.05) is 98.7 Å². The minimum absolute atomic E-state index is 0.209. The zero-order valence-electron chi connectivity index (χ0n) is 26.1. The van der Waals surface area contributed by atoms with E-state index in [4.69, 9.17) is 9.47 Å². The highest BCUT2D eigenvalue weighted by Gasteiger charge is 2.30. The quantitative estimate of drug-likeness (QED) is 0.102. The first-order valence-corrected chi connectivity index (χ1v) is 22.9. The molecule has 0 atom stereocenters. The smallest absolute Gasteiger partial charge is 0.339 e. The lowest BCUT2D eigenvalue weighted by Crippen LogP contribution is -2.05. The Morgan fingerprint density at radius 3 is 1.70 bits per heavy atom. The number of para-hydroxylation sites is 1. The molecule has 1 N–H and O–H groups in total. The third kappa shape index (κ3) is 14.3. The Bertz CT molecular complexity index is 1100. The Kier molecular flexibility index (Phi) is 21.0. The van der Waals surface area contributed by atoms with Gasteiger partial charge in [-0.05, 0) is 74.2 Å². The van der Waals surface area contributed by atoms with Gasteiger partial charge in [0.05, 0.1) is 32.0 Å². The van der Waals surface area contributed by atoms with Crippen molar-refractivity contribution < 1.29 is 19.4 Å². The monoisotopic (exact) mass is 750 g/mol. The minimum Gasteiger partial charge on any atom is -0.493 e. The summed E-state index contributed by atoms with van der Waals surface area (Å²) in [4.78, 5) is 11.3. The molecule has 2 aliphatic rings.